The number of carbonyl (C=O) groups excluding carboxylic acids is 11. The van der Waals surface area contributed by atoms with Crippen LogP contribution in [0.4, 0.5) is 0 Å². The highest BCUT2D eigenvalue weighted by Crippen LogP contribution is 2.26. The number of aliphatic hydroxyl groups is 1. The molecular formula is C62H111N11O12. The molecule has 1 rings (SSSR count). The topological polar surface area (TPSA) is 279 Å². The highest BCUT2D eigenvalue weighted by atomic mass is 16.3. The van der Waals surface area contributed by atoms with Crippen LogP contribution in [0.2, 0.25) is 0 Å². The van der Waals surface area contributed by atoms with Gasteiger partial charge in [-0.1, -0.05) is 116 Å². The molecule has 23 nitrogen and oxygen atoms in total. The minimum absolute atomic E-state index is 0.0224. The third-order valence-electron chi connectivity index (χ3n) is 16.5. The molecule has 0 spiro atoms. The highest BCUT2D eigenvalue weighted by molar-refractivity contribution is 5.99. The molecule has 0 aliphatic carbocycles. The predicted molar refractivity (Wildman–Crippen MR) is 328 cm³/mol. The molecule has 0 bridgehead atoms. The van der Waals surface area contributed by atoms with Crippen LogP contribution in [0.25, 0.3) is 0 Å². The largest absolute Gasteiger partial charge is 0.390 e. The second-order valence-corrected chi connectivity index (χ2v) is 25.8. The van der Waals surface area contributed by atoms with Crippen molar-refractivity contribution in [3.8, 4) is 0 Å². The number of rotatable bonds is 15. The van der Waals surface area contributed by atoms with Crippen LogP contribution in [-0.2, 0) is 52.7 Å². The van der Waals surface area contributed by atoms with Crippen LogP contribution in [-0.4, -0.2) is 227 Å². The Hall–Kier alpha value is -6.13. The van der Waals surface area contributed by atoms with Gasteiger partial charge in [0.05, 0.1) is 12.6 Å². The average Bonchev–Trinajstić information content (AvgIpc) is 3.49. The Kier molecular flexibility index (Phi) is 31.5. The zero-order chi connectivity index (χ0) is 66.0. The maximum Gasteiger partial charge on any atom is 0.246 e. The van der Waals surface area contributed by atoms with Gasteiger partial charge in [-0.25, -0.2) is 0 Å². The molecule has 486 valence electrons. The van der Waals surface area contributed by atoms with Crippen LogP contribution < -0.4 is 21.3 Å². The van der Waals surface area contributed by atoms with E-state index >= 15 is 9.59 Å². The van der Waals surface area contributed by atoms with E-state index in [1.54, 1.807) is 61.5 Å². The monoisotopic (exact) mass is 1200 g/mol. The number of hydrogen-bond acceptors (Lipinski definition) is 12. The van der Waals surface area contributed by atoms with E-state index in [1.807, 2.05) is 54.5 Å². The molecule has 1 heterocycles. The molecule has 1 unspecified atom stereocenters. The summed E-state index contributed by atoms with van der Waals surface area (Å²) in [7, 11) is 9.92. The van der Waals surface area contributed by atoms with E-state index in [1.165, 1.54) is 87.7 Å². The number of hydrogen-bond donors (Lipinski definition) is 5. The van der Waals surface area contributed by atoms with E-state index < -0.39 is 162 Å². The zero-order valence-corrected chi connectivity index (χ0v) is 56.1. The molecule has 0 saturated carbocycles. The Bertz CT molecular complexity index is 2330. The molecule has 23 heteroatoms. The van der Waals surface area contributed by atoms with Gasteiger partial charge in [0.15, 0.2) is 0 Å². The van der Waals surface area contributed by atoms with Gasteiger partial charge < -0.3 is 60.7 Å². The Morgan fingerprint density at radius 1 is 0.482 bits per heavy atom. The van der Waals surface area contributed by atoms with Crippen molar-refractivity contribution in [2.45, 2.75) is 223 Å². The van der Waals surface area contributed by atoms with E-state index in [0.717, 1.165) is 9.80 Å². The second-order valence-electron chi connectivity index (χ2n) is 25.8. The number of aliphatic hydroxyl groups excluding tert-OH is 1. The van der Waals surface area contributed by atoms with Crippen LogP contribution >= 0.6 is 0 Å². The first kappa shape index (κ1) is 76.9. The fourth-order valence-electron chi connectivity index (χ4n) is 10.8. The van der Waals surface area contributed by atoms with Crippen LogP contribution in [0.15, 0.2) is 12.2 Å². The van der Waals surface area contributed by atoms with Crippen molar-refractivity contribution >= 4 is 65.0 Å². The molecule has 0 radical (unpaired) electrons. The van der Waals surface area contributed by atoms with Crippen molar-refractivity contribution in [3.05, 3.63) is 12.2 Å². The molecule has 1 fully saturated rings. The summed E-state index contributed by atoms with van der Waals surface area (Å²) >= 11 is 0. The molecule has 0 aromatic heterocycles. The number of carbonyl (C=O) groups is 11. The number of nitrogens with one attached hydrogen (secondary N) is 4. The van der Waals surface area contributed by atoms with E-state index in [2.05, 4.69) is 21.3 Å². The minimum atomic E-state index is -1.61. The molecule has 0 aromatic rings. The third-order valence-corrected chi connectivity index (χ3v) is 16.5. The van der Waals surface area contributed by atoms with Crippen molar-refractivity contribution in [3.63, 3.8) is 0 Å². The lowest BCUT2D eigenvalue weighted by molar-refractivity contribution is -0.157. The van der Waals surface area contributed by atoms with Crippen molar-refractivity contribution in [1.82, 2.24) is 55.6 Å². The third kappa shape index (κ3) is 21.1. The molecule has 0 aromatic carbocycles. The predicted octanol–water partition coefficient (Wildman–Crippen LogP) is 3.27. The first-order chi connectivity index (χ1) is 39.3. The maximum absolute atomic E-state index is 15.1. The number of allylic oxidation sites excluding steroid dienone is 2. The summed E-state index contributed by atoms with van der Waals surface area (Å²) in [6.07, 6.45) is 3.31. The number of amides is 11. The van der Waals surface area contributed by atoms with Crippen LogP contribution in [0.5, 0.6) is 0 Å². The summed E-state index contributed by atoms with van der Waals surface area (Å²) in [5.74, 6) is -10.0. The van der Waals surface area contributed by atoms with E-state index in [-0.39, 0.29) is 43.4 Å². The van der Waals surface area contributed by atoms with Crippen molar-refractivity contribution in [2.75, 3.05) is 55.9 Å². The Balaban J connectivity index is 4.33. The summed E-state index contributed by atoms with van der Waals surface area (Å²) in [6.45, 7) is 29.2. The van der Waals surface area contributed by atoms with Gasteiger partial charge in [-0.3, -0.25) is 52.7 Å². The van der Waals surface area contributed by atoms with E-state index in [4.69, 9.17) is 0 Å². The van der Waals surface area contributed by atoms with Crippen molar-refractivity contribution in [2.24, 2.45) is 41.4 Å². The molecule has 13 atom stereocenters. The lowest BCUT2D eigenvalue weighted by Crippen LogP contribution is -2.63. The van der Waals surface area contributed by atoms with Gasteiger partial charge in [0, 0.05) is 49.3 Å². The van der Waals surface area contributed by atoms with Crippen molar-refractivity contribution in [1.29, 1.82) is 0 Å². The molecule has 5 N–H and O–H groups in total. The first-order valence-electron chi connectivity index (χ1n) is 30.6. The molecule has 1 aliphatic rings. The number of nitrogens with zero attached hydrogens (tertiary/aromatic N) is 7. The van der Waals surface area contributed by atoms with Gasteiger partial charge in [0.2, 0.25) is 65.0 Å². The Morgan fingerprint density at radius 2 is 0.929 bits per heavy atom. The lowest BCUT2D eigenvalue weighted by Gasteiger charge is -2.41. The summed E-state index contributed by atoms with van der Waals surface area (Å²) in [6, 6.07) is -12.3. The van der Waals surface area contributed by atoms with Gasteiger partial charge in [0.1, 0.15) is 60.4 Å². The van der Waals surface area contributed by atoms with Gasteiger partial charge >= 0.3 is 0 Å². The fourth-order valence-corrected chi connectivity index (χ4v) is 10.8. The van der Waals surface area contributed by atoms with Gasteiger partial charge in [-0.15, -0.1) is 0 Å². The van der Waals surface area contributed by atoms with E-state index in [0.29, 0.717) is 12.8 Å². The fraction of sp³-hybridized carbons (Fsp3) is 0.790. The lowest BCUT2D eigenvalue weighted by atomic mass is 9.91. The molecule has 1 saturated heterocycles. The summed E-state index contributed by atoms with van der Waals surface area (Å²) in [5.41, 5.74) is 0. The van der Waals surface area contributed by atoms with Gasteiger partial charge in [-0.2, -0.15) is 0 Å². The van der Waals surface area contributed by atoms with Crippen LogP contribution in [0.1, 0.15) is 156 Å². The molecule has 11 amide bonds. The highest BCUT2D eigenvalue weighted by Gasteiger charge is 2.46. The number of likely N-dealkylation sites (N-methyl/N-ethyl adjacent to an activating group) is 7. The zero-order valence-electron chi connectivity index (χ0n) is 56.1. The SMILES string of the molecule is C/C=C/C[C@@H](C)[C@@H](O)C1C(=O)N[C@@H](CC)C(=O)N(C)CC(=O)N(C)[C@@H]([C@@H](C)CC)C(=O)N[C@@H](C(C)C)C(=O)N(C)[C@@H](CC(C)C)C(=O)N[C@@H](C)C(=O)N[C@H](C)C(=O)N(C)[C@@H](CC(C)C)C(=O)N(C)[C@@H](CC(C)C)C(=O)N(C)[C@@H](C(C)C)C(=O)N1C. The normalized spacial score (nSPS) is 27.2. The second kappa shape index (κ2) is 34.9. The van der Waals surface area contributed by atoms with Gasteiger partial charge in [-0.05, 0) is 94.3 Å². The van der Waals surface area contributed by atoms with Crippen LogP contribution in [0.3, 0.4) is 0 Å². The van der Waals surface area contributed by atoms with Gasteiger partial charge in [0.25, 0.3) is 0 Å². The molecular weight excluding hydrogens is 1090 g/mol. The standard InChI is InChI=1S/C62H111N11O12/c1-25-28-29-40(15)52(75)51-56(79)65-43(27-3)58(81)67(18)33-47(74)71(22)50(39(14)26-2)55(78)66-48(37(10)11)61(84)68(19)44(30-34(4)5)54(77)63-41(16)53(76)64-42(17)57(80)69(20)45(31-35(6)7)59(82)70(21)46(32-36(8)9)60(83)72(23)49(38(12)13)62(85)73(51)24/h25,28,34-46,48-52,75H,26-27,29-33H2,1-24H3,(H,63,77)(H,64,76)(H,65,79)(H,66,78)/b28-25+/t39-,40+,41-,42+,43-,44-,45-,46-,48-,49-,50-,51?,52+/m0/s1. The Morgan fingerprint density at radius 3 is 1.39 bits per heavy atom. The van der Waals surface area contributed by atoms with Crippen LogP contribution in [0, 0.1) is 41.4 Å². The molecule has 85 heavy (non-hydrogen) atoms. The smallest absolute Gasteiger partial charge is 0.246 e. The summed E-state index contributed by atoms with van der Waals surface area (Å²) < 4.78 is 0. The molecule has 1 aliphatic heterocycles. The summed E-state index contributed by atoms with van der Waals surface area (Å²) in [4.78, 5) is 169. The van der Waals surface area contributed by atoms with Crippen molar-refractivity contribution < 1.29 is 57.8 Å². The first-order valence-corrected chi connectivity index (χ1v) is 30.6. The Labute approximate surface area is 508 Å². The average molecular weight is 1200 g/mol. The quantitative estimate of drug-likeness (QED) is 0.148. The maximum atomic E-state index is 15.1. The van der Waals surface area contributed by atoms with E-state index in [9.17, 15) is 48.3 Å². The minimum Gasteiger partial charge on any atom is -0.390 e. The summed E-state index contributed by atoms with van der Waals surface area (Å²) in [5, 5.41) is 23.1.